The van der Waals surface area contributed by atoms with Gasteiger partial charge < -0.3 is 15.1 Å². The first-order valence-electron chi connectivity index (χ1n) is 6.95. The second kappa shape index (κ2) is 5.45. The number of halogens is 1. The van der Waals surface area contributed by atoms with Crippen LogP contribution in [0.1, 0.15) is 18.4 Å². The molecule has 0 aliphatic carbocycles. The highest BCUT2D eigenvalue weighted by atomic mass is 35.5. The fraction of sp³-hybridized carbons (Fsp3) is 0.312. The molecule has 1 aliphatic rings. The zero-order chi connectivity index (χ0) is 15.0. The third-order valence-electron chi connectivity index (χ3n) is 3.99. The summed E-state index contributed by atoms with van der Waals surface area (Å²) in [6.45, 7) is 2.93. The maximum absolute atomic E-state index is 11.5. The van der Waals surface area contributed by atoms with Crippen molar-refractivity contribution in [1.82, 2.24) is 5.32 Å². The van der Waals surface area contributed by atoms with Gasteiger partial charge in [-0.05, 0) is 24.1 Å². The van der Waals surface area contributed by atoms with E-state index < -0.39 is 0 Å². The van der Waals surface area contributed by atoms with Gasteiger partial charge in [-0.1, -0.05) is 24.6 Å². The van der Waals surface area contributed by atoms with Crippen LogP contribution in [0.2, 0.25) is 5.02 Å². The Kier molecular flexibility index (Phi) is 3.64. The smallest absolute Gasteiger partial charge is 0.243 e. The number of hydrogen-bond donors (Lipinski definition) is 2. The second-order valence-corrected chi connectivity index (χ2v) is 5.75. The molecule has 110 valence electrons. The minimum absolute atomic E-state index is 0.106. The van der Waals surface area contributed by atoms with Crippen LogP contribution in [0.4, 0.5) is 5.69 Å². The molecule has 2 heterocycles. The van der Waals surface area contributed by atoms with Crippen LogP contribution >= 0.6 is 11.6 Å². The van der Waals surface area contributed by atoms with Crippen molar-refractivity contribution in [2.45, 2.75) is 12.8 Å². The molecule has 0 radical (unpaired) electrons. The SMILES string of the molecule is CNC(=O)C=CC1c2coc3ccc(Cl)c(c23)NCC1C. The normalized spacial score (nSPS) is 21.3. The first-order valence-corrected chi connectivity index (χ1v) is 7.33. The van der Waals surface area contributed by atoms with E-state index in [4.69, 9.17) is 16.0 Å². The van der Waals surface area contributed by atoms with E-state index in [1.807, 2.05) is 18.2 Å². The molecule has 2 N–H and O–H groups in total. The molecule has 21 heavy (non-hydrogen) atoms. The predicted octanol–water partition coefficient (Wildman–Crippen LogP) is 3.53. The average molecular weight is 305 g/mol. The molecule has 1 aliphatic heterocycles. The maximum Gasteiger partial charge on any atom is 0.243 e. The lowest BCUT2D eigenvalue weighted by atomic mass is 9.87. The summed E-state index contributed by atoms with van der Waals surface area (Å²) in [4.78, 5) is 11.5. The molecule has 0 bridgehead atoms. The summed E-state index contributed by atoms with van der Waals surface area (Å²) in [6.07, 6.45) is 5.29. The molecule has 3 rings (SSSR count). The Morgan fingerprint density at radius 1 is 1.52 bits per heavy atom. The Balaban J connectivity index is 2.13. The second-order valence-electron chi connectivity index (χ2n) is 5.34. The average Bonchev–Trinajstić information content (AvgIpc) is 2.84. The lowest BCUT2D eigenvalue weighted by molar-refractivity contribution is -0.116. The number of carbonyl (C=O) groups is 1. The monoisotopic (exact) mass is 304 g/mol. The summed E-state index contributed by atoms with van der Waals surface area (Å²) < 4.78 is 5.65. The van der Waals surface area contributed by atoms with Crippen molar-refractivity contribution in [3.05, 3.63) is 41.1 Å². The summed E-state index contributed by atoms with van der Waals surface area (Å²) in [7, 11) is 1.62. The van der Waals surface area contributed by atoms with Crippen LogP contribution in [-0.2, 0) is 4.79 Å². The van der Waals surface area contributed by atoms with Gasteiger partial charge in [0.15, 0.2) is 0 Å². The van der Waals surface area contributed by atoms with Gasteiger partial charge >= 0.3 is 0 Å². The third kappa shape index (κ3) is 2.40. The molecule has 1 aromatic carbocycles. The molecule has 1 amide bonds. The van der Waals surface area contributed by atoms with E-state index >= 15 is 0 Å². The van der Waals surface area contributed by atoms with Crippen molar-refractivity contribution >= 4 is 34.2 Å². The molecule has 5 heteroatoms. The summed E-state index contributed by atoms with van der Waals surface area (Å²) in [5.74, 6) is 0.316. The number of allylic oxidation sites excluding steroid dienone is 1. The highest BCUT2D eigenvalue weighted by molar-refractivity contribution is 6.35. The number of likely N-dealkylation sites (N-methyl/N-ethyl adjacent to an activating group) is 1. The molecule has 1 aromatic heterocycles. The van der Waals surface area contributed by atoms with Gasteiger partial charge in [-0.25, -0.2) is 0 Å². The summed E-state index contributed by atoms with van der Waals surface area (Å²) in [5.41, 5.74) is 2.80. The lowest BCUT2D eigenvalue weighted by Crippen LogP contribution is -2.17. The Morgan fingerprint density at radius 2 is 2.33 bits per heavy atom. The topological polar surface area (TPSA) is 54.3 Å². The Hall–Kier alpha value is -1.94. The fourth-order valence-corrected chi connectivity index (χ4v) is 3.04. The molecule has 0 saturated carbocycles. The van der Waals surface area contributed by atoms with E-state index in [-0.39, 0.29) is 11.8 Å². The molecular weight excluding hydrogens is 288 g/mol. The Labute approximate surface area is 128 Å². The highest BCUT2D eigenvalue weighted by Gasteiger charge is 2.27. The fourth-order valence-electron chi connectivity index (χ4n) is 2.81. The van der Waals surface area contributed by atoms with Crippen molar-refractivity contribution in [2.24, 2.45) is 5.92 Å². The number of furan rings is 1. The molecule has 0 saturated heterocycles. The molecule has 0 fully saturated rings. The van der Waals surface area contributed by atoms with Gasteiger partial charge in [0.05, 0.1) is 17.0 Å². The summed E-state index contributed by atoms with van der Waals surface area (Å²) in [5, 5.41) is 7.70. The van der Waals surface area contributed by atoms with Crippen LogP contribution in [0.15, 0.2) is 35.0 Å². The van der Waals surface area contributed by atoms with Crippen LogP contribution in [0.5, 0.6) is 0 Å². The number of anilines is 1. The predicted molar refractivity (Wildman–Crippen MR) is 84.8 cm³/mol. The molecule has 0 spiro atoms. The summed E-state index contributed by atoms with van der Waals surface area (Å²) in [6, 6.07) is 3.72. The number of rotatable bonds is 2. The standard InChI is InChI=1S/C16H17ClN2O2/c1-9-7-19-16-12(17)4-5-13-15(16)11(8-21-13)10(9)3-6-14(20)18-2/h3-6,8-10,19H,7H2,1-2H3,(H,18,20). The van der Waals surface area contributed by atoms with Crippen LogP contribution in [-0.4, -0.2) is 19.5 Å². The van der Waals surface area contributed by atoms with E-state index in [0.29, 0.717) is 10.9 Å². The van der Waals surface area contributed by atoms with E-state index in [0.717, 1.165) is 28.8 Å². The molecule has 4 nitrogen and oxygen atoms in total. The minimum Gasteiger partial charge on any atom is -0.464 e. The number of nitrogens with one attached hydrogen (secondary N) is 2. The van der Waals surface area contributed by atoms with Gasteiger partial charge in [0.1, 0.15) is 5.58 Å². The van der Waals surface area contributed by atoms with Crippen molar-refractivity contribution in [2.75, 3.05) is 18.9 Å². The highest BCUT2D eigenvalue weighted by Crippen LogP contribution is 2.42. The number of carbonyl (C=O) groups excluding carboxylic acids is 1. The van der Waals surface area contributed by atoms with Gasteiger partial charge in [0.2, 0.25) is 5.91 Å². The van der Waals surface area contributed by atoms with Crippen LogP contribution in [0.3, 0.4) is 0 Å². The van der Waals surface area contributed by atoms with Crippen LogP contribution in [0, 0.1) is 5.92 Å². The van der Waals surface area contributed by atoms with Gasteiger partial charge in [0.25, 0.3) is 0 Å². The van der Waals surface area contributed by atoms with E-state index in [9.17, 15) is 4.79 Å². The van der Waals surface area contributed by atoms with Crippen molar-refractivity contribution in [3.8, 4) is 0 Å². The maximum atomic E-state index is 11.5. The van der Waals surface area contributed by atoms with Crippen LogP contribution < -0.4 is 10.6 Å². The molecule has 2 aromatic rings. The zero-order valence-corrected chi connectivity index (χ0v) is 12.7. The quantitative estimate of drug-likeness (QED) is 0.835. The van der Waals surface area contributed by atoms with Gasteiger partial charge in [-0.3, -0.25) is 4.79 Å². The molecular formula is C16H17ClN2O2. The third-order valence-corrected chi connectivity index (χ3v) is 4.31. The number of benzene rings is 1. The number of hydrogen-bond acceptors (Lipinski definition) is 3. The molecule has 2 atom stereocenters. The number of amides is 1. The minimum atomic E-state index is -0.106. The van der Waals surface area contributed by atoms with Gasteiger partial charge in [0, 0.05) is 30.5 Å². The first-order chi connectivity index (χ1) is 10.1. The lowest BCUT2D eigenvalue weighted by Gasteiger charge is -2.17. The largest absolute Gasteiger partial charge is 0.464 e. The van der Waals surface area contributed by atoms with Crippen molar-refractivity contribution in [3.63, 3.8) is 0 Å². The Bertz CT molecular complexity index is 720. The van der Waals surface area contributed by atoms with E-state index in [1.54, 1.807) is 19.4 Å². The van der Waals surface area contributed by atoms with E-state index in [2.05, 4.69) is 17.6 Å². The van der Waals surface area contributed by atoms with E-state index in [1.165, 1.54) is 0 Å². The van der Waals surface area contributed by atoms with Crippen molar-refractivity contribution < 1.29 is 9.21 Å². The summed E-state index contributed by atoms with van der Waals surface area (Å²) >= 11 is 6.30. The van der Waals surface area contributed by atoms with Gasteiger partial charge in [-0.2, -0.15) is 0 Å². The Morgan fingerprint density at radius 3 is 3.10 bits per heavy atom. The van der Waals surface area contributed by atoms with Crippen LogP contribution in [0.25, 0.3) is 11.0 Å². The van der Waals surface area contributed by atoms with Crippen molar-refractivity contribution in [1.29, 1.82) is 0 Å². The first kappa shape index (κ1) is 14.0. The zero-order valence-electron chi connectivity index (χ0n) is 11.9. The molecule has 2 unspecified atom stereocenters. The van der Waals surface area contributed by atoms with Gasteiger partial charge in [-0.15, -0.1) is 0 Å².